The standard InChI is InChI=1S/C7H7ClOS/c8-6-2-1-3-7(9)5(6)4-10/h1-3,9-10H,4H2. The van der Waals surface area contributed by atoms with Crippen LogP contribution < -0.4 is 0 Å². The van der Waals surface area contributed by atoms with Gasteiger partial charge in [0.1, 0.15) is 5.75 Å². The summed E-state index contributed by atoms with van der Waals surface area (Å²) in [6.07, 6.45) is 0. The molecule has 0 radical (unpaired) electrons. The second-order valence-electron chi connectivity index (χ2n) is 1.90. The Morgan fingerprint density at radius 2 is 2.20 bits per heavy atom. The van der Waals surface area contributed by atoms with Crippen LogP contribution in [-0.4, -0.2) is 5.11 Å². The van der Waals surface area contributed by atoms with Gasteiger partial charge in [0.2, 0.25) is 0 Å². The van der Waals surface area contributed by atoms with E-state index in [0.717, 1.165) is 0 Å². The van der Waals surface area contributed by atoms with E-state index < -0.39 is 0 Å². The molecule has 0 atom stereocenters. The molecule has 54 valence electrons. The third-order valence-electron chi connectivity index (χ3n) is 1.25. The lowest BCUT2D eigenvalue weighted by molar-refractivity contribution is 0.471. The SMILES string of the molecule is Oc1cccc(Cl)c1CS. The van der Waals surface area contributed by atoms with Gasteiger partial charge in [0.05, 0.1) is 0 Å². The van der Waals surface area contributed by atoms with Crippen molar-refractivity contribution in [3.05, 3.63) is 28.8 Å². The Kier molecular flexibility index (Phi) is 2.46. The van der Waals surface area contributed by atoms with E-state index in [1.165, 1.54) is 0 Å². The summed E-state index contributed by atoms with van der Waals surface area (Å²) in [7, 11) is 0. The first kappa shape index (κ1) is 7.76. The van der Waals surface area contributed by atoms with Crippen molar-refractivity contribution in [3.63, 3.8) is 0 Å². The summed E-state index contributed by atoms with van der Waals surface area (Å²) < 4.78 is 0. The van der Waals surface area contributed by atoms with Crippen molar-refractivity contribution in [2.24, 2.45) is 0 Å². The van der Waals surface area contributed by atoms with E-state index >= 15 is 0 Å². The molecular formula is C7H7ClOS. The zero-order valence-corrected chi connectivity index (χ0v) is 6.86. The quantitative estimate of drug-likeness (QED) is 0.627. The largest absolute Gasteiger partial charge is 0.508 e. The highest BCUT2D eigenvalue weighted by molar-refractivity contribution is 7.79. The summed E-state index contributed by atoms with van der Waals surface area (Å²) >= 11 is 9.73. The number of thiol groups is 1. The van der Waals surface area contributed by atoms with E-state index in [9.17, 15) is 0 Å². The van der Waals surface area contributed by atoms with E-state index in [-0.39, 0.29) is 5.75 Å². The number of halogens is 1. The smallest absolute Gasteiger partial charge is 0.121 e. The first-order valence-electron chi connectivity index (χ1n) is 2.83. The van der Waals surface area contributed by atoms with Crippen LogP contribution in [0.15, 0.2) is 18.2 Å². The Labute approximate surface area is 70.0 Å². The zero-order chi connectivity index (χ0) is 7.56. The van der Waals surface area contributed by atoms with Crippen molar-refractivity contribution in [2.75, 3.05) is 0 Å². The lowest BCUT2D eigenvalue weighted by atomic mass is 10.2. The van der Waals surface area contributed by atoms with E-state index in [0.29, 0.717) is 16.3 Å². The van der Waals surface area contributed by atoms with Gasteiger partial charge in [-0.25, -0.2) is 0 Å². The lowest BCUT2D eigenvalue weighted by Crippen LogP contribution is -1.79. The number of phenols is 1. The Hall–Kier alpha value is -0.340. The average Bonchev–Trinajstić information content (AvgIpc) is 1.88. The summed E-state index contributed by atoms with van der Waals surface area (Å²) in [5.41, 5.74) is 0.688. The second-order valence-corrected chi connectivity index (χ2v) is 2.62. The first-order valence-corrected chi connectivity index (χ1v) is 3.84. The summed E-state index contributed by atoms with van der Waals surface area (Å²) in [4.78, 5) is 0. The van der Waals surface area contributed by atoms with Gasteiger partial charge in [-0.3, -0.25) is 0 Å². The minimum Gasteiger partial charge on any atom is -0.508 e. The van der Waals surface area contributed by atoms with Crippen LogP contribution in [0.3, 0.4) is 0 Å². The van der Waals surface area contributed by atoms with E-state index in [2.05, 4.69) is 12.6 Å². The monoisotopic (exact) mass is 174 g/mol. The molecule has 0 aliphatic heterocycles. The van der Waals surface area contributed by atoms with Gasteiger partial charge < -0.3 is 5.11 Å². The van der Waals surface area contributed by atoms with Crippen LogP contribution in [0, 0.1) is 0 Å². The Morgan fingerprint density at radius 3 is 2.60 bits per heavy atom. The minimum atomic E-state index is 0.211. The maximum absolute atomic E-state index is 9.16. The van der Waals surface area contributed by atoms with Crippen LogP contribution in [0.1, 0.15) is 5.56 Å². The average molecular weight is 175 g/mol. The third kappa shape index (κ3) is 1.39. The molecule has 0 bridgehead atoms. The fourth-order valence-corrected chi connectivity index (χ4v) is 1.37. The Balaban J connectivity index is 3.17. The predicted molar refractivity (Wildman–Crippen MR) is 45.8 cm³/mol. The summed E-state index contributed by atoms with van der Waals surface area (Å²) in [5.74, 6) is 0.674. The minimum absolute atomic E-state index is 0.211. The first-order chi connectivity index (χ1) is 4.75. The lowest BCUT2D eigenvalue weighted by Gasteiger charge is -2.01. The number of aromatic hydroxyl groups is 1. The molecule has 1 aromatic carbocycles. The van der Waals surface area contributed by atoms with Gasteiger partial charge in [0, 0.05) is 16.3 Å². The van der Waals surface area contributed by atoms with Gasteiger partial charge in [-0.2, -0.15) is 12.6 Å². The van der Waals surface area contributed by atoms with Crippen molar-refractivity contribution in [3.8, 4) is 5.75 Å². The van der Waals surface area contributed by atoms with Crippen LogP contribution >= 0.6 is 24.2 Å². The molecule has 0 spiro atoms. The highest BCUT2D eigenvalue weighted by atomic mass is 35.5. The normalized spacial score (nSPS) is 9.80. The maximum Gasteiger partial charge on any atom is 0.121 e. The highest BCUT2D eigenvalue weighted by Crippen LogP contribution is 2.26. The summed E-state index contributed by atoms with van der Waals surface area (Å²) in [6, 6.07) is 5.02. The molecule has 0 aliphatic rings. The van der Waals surface area contributed by atoms with Crippen LogP contribution in [-0.2, 0) is 5.75 Å². The molecule has 3 heteroatoms. The molecule has 0 saturated carbocycles. The van der Waals surface area contributed by atoms with Crippen molar-refractivity contribution in [1.82, 2.24) is 0 Å². The summed E-state index contributed by atoms with van der Waals surface area (Å²) in [5, 5.41) is 9.72. The van der Waals surface area contributed by atoms with E-state index in [4.69, 9.17) is 16.7 Å². The van der Waals surface area contributed by atoms with Gasteiger partial charge in [-0.05, 0) is 12.1 Å². The molecular weight excluding hydrogens is 168 g/mol. The van der Waals surface area contributed by atoms with Crippen LogP contribution in [0.4, 0.5) is 0 Å². The third-order valence-corrected chi connectivity index (χ3v) is 1.92. The molecule has 0 saturated heterocycles. The number of rotatable bonds is 1. The van der Waals surface area contributed by atoms with Crippen molar-refractivity contribution in [2.45, 2.75) is 5.75 Å². The van der Waals surface area contributed by atoms with Crippen molar-refractivity contribution in [1.29, 1.82) is 0 Å². The van der Waals surface area contributed by atoms with Gasteiger partial charge in [-0.1, -0.05) is 17.7 Å². The molecule has 1 aromatic rings. The fraction of sp³-hybridized carbons (Fsp3) is 0.143. The molecule has 1 N–H and O–H groups in total. The van der Waals surface area contributed by atoms with E-state index in [1.54, 1.807) is 18.2 Å². The Bertz CT molecular complexity index is 217. The fourth-order valence-electron chi connectivity index (χ4n) is 0.704. The van der Waals surface area contributed by atoms with Gasteiger partial charge >= 0.3 is 0 Å². The number of hydrogen-bond donors (Lipinski definition) is 2. The topological polar surface area (TPSA) is 20.2 Å². The van der Waals surface area contributed by atoms with E-state index in [1.807, 2.05) is 0 Å². The van der Waals surface area contributed by atoms with Crippen molar-refractivity contribution >= 4 is 24.2 Å². The number of hydrogen-bond acceptors (Lipinski definition) is 2. The van der Waals surface area contributed by atoms with Gasteiger partial charge in [0.25, 0.3) is 0 Å². The zero-order valence-electron chi connectivity index (χ0n) is 5.21. The maximum atomic E-state index is 9.16. The number of benzene rings is 1. The Morgan fingerprint density at radius 1 is 1.50 bits per heavy atom. The molecule has 0 unspecified atom stereocenters. The molecule has 0 aliphatic carbocycles. The van der Waals surface area contributed by atoms with Gasteiger partial charge in [-0.15, -0.1) is 0 Å². The predicted octanol–water partition coefficient (Wildman–Crippen LogP) is 2.48. The molecule has 10 heavy (non-hydrogen) atoms. The molecule has 1 nitrogen and oxygen atoms in total. The number of phenolic OH excluding ortho intramolecular Hbond substituents is 1. The summed E-state index contributed by atoms with van der Waals surface area (Å²) in [6.45, 7) is 0. The molecule has 0 fully saturated rings. The molecule has 0 aromatic heterocycles. The van der Waals surface area contributed by atoms with Crippen LogP contribution in [0.25, 0.3) is 0 Å². The van der Waals surface area contributed by atoms with Crippen molar-refractivity contribution < 1.29 is 5.11 Å². The van der Waals surface area contributed by atoms with Crippen LogP contribution in [0.5, 0.6) is 5.75 Å². The molecule has 1 rings (SSSR count). The second kappa shape index (κ2) is 3.17. The molecule has 0 amide bonds. The van der Waals surface area contributed by atoms with Gasteiger partial charge in [0.15, 0.2) is 0 Å². The highest BCUT2D eigenvalue weighted by Gasteiger charge is 2.01. The van der Waals surface area contributed by atoms with Crippen LogP contribution in [0.2, 0.25) is 5.02 Å². The molecule has 0 heterocycles.